The summed E-state index contributed by atoms with van der Waals surface area (Å²) in [7, 11) is 0. The number of pyridine rings is 1. The molecule has 0 atom stereocenters. The zero-order valence-corrected chi connectivity index (χ0v) is 11.3. The normalized spacial score (nSPS) is 10.3. The Bertz CT molecular complexity index is 582. The third-order valence-electron chi connectivity index (χ3n) is 2.37. The van der Waals surface area contributed by atoms with Crippen LogP contribution >= 0.6 is 22.9 Å². The first-order valence-corrected chi connectivity index (χ1v) is 6.55. The highest BCUT2D eigenvalue weighted by Crippen LogP contribution is 2.22. The molecule has 0 unspecified atom stereocenters. The third kappa shape index (κ3) is 3.00. The molecule has 6 heteroatoms. The molecule has 2 heterocycles. The topological polar surface area (TPSA) is 68.0 Å². The van der Waals surface area contributed by atoms with Gasteiger partial charge in [0.2, 0.25) is 5.91 Å². The summed E-state index contributed by atoms with van der Waals surface area (Å²) in [5, 5.41) is 5.37. The molecule has 2 aromatic heterocycles. The molecule has 1 amide bonds. The van der Waals surface area contributed by atoms with Crippen molar-refractivity contribution in [3.63, 3.8) is 0 Å². The highest BCUT2D eigenvalue weighted by molar-refractivity contribution is 7.10. The van der Waals surface area contributed by atoms with E-state index in [4.69, 9.17) is 17.3 Å². The maximum absolute atomic E-state index is 11.0. The number of nitrogens with zero attached hydrogens (tertiary/aromatic N) is 1. The number of aryl methyl sites for hydroxylation is 1. The molecule has 0 aliphatic heterocycles. The summed E-state index contributed by atoms with van der Waals surface area (Å²) in [5.74, 6) is -0.409. The minimum atomic E-state index is -0.409. The van der Waals surface area contributed by atoms with Crippen LogP contribution in [0.5, 0.6) is 0 Å². The van der Waals surface area contributed by atoms with Crippen LogP contribution < -0.4 is 11.1 Å². The fourth-order valence-electron chi connectivity index (χ4n) is 1.46. The molecule has 0 aliphatic rings. The molecular formula is C12H12ClN3OS. The minimum Gasteiger partial charge on any atom is -0.378 e. The van der Waals surface area contributed by atoms with Gasteiger partial charge >= 0.3 is 0 Å². The van der Waals surface area contributed by atoms with Gasteiger partial charge in [0.25, 0.3) is 0 Å². The molecule has 4 nitrogen and oxygen atoms in total. The van der Waals surface area contributed by atoms with Gasteiger partial charge in [-0.25, -0.2) is 4.98 Å². The van der Waals surface area contributed by atoms with Crippen molar-refractivity contribution in [3.8, 4) is 0 Å². The Morgan fingerprint density at radius 1 is 1.56 bits per heavy atom. The number of carbonyl (C=O) groups excluding carboxylic acids is 1. The van der Waals surface area contributed by atoms with Crippen LogP contribution in [0.1, 0.15) is 20.8 Å². The van der Waals surface area contributed by atoms with Gasteiger partial charge in [-0.15, -0.1) is 11.3 Å². The number of hydrogen-bond donors (Lipinski definition) is 2. The summed E-state index contributed by atoms with van der Waals surface area (Å²) >= 11 is 7.45. The van der Waals surface area contributed by atoms with Gasteiger partial charge in [-0.05, 0) is 24.6 Å². The van der Waals surface area contributed by atoms with Crippen LogP contribution in [0.25, 0.3) is 0 Å². The lowest BCUT2D eigenvalue weighted by molar-refractivity contribution is 0.100. The van der Waals surface area contributed by atoms with Crippen molar-refractivity contribution in [1.29, 1.82) is 0 Å². The van der Waals surface area contributed by atoms with Gasteiger partial charge in [0.15, 0.2) is 5.15 Å². The second kappa shape index (κ2) is 5.37. The van der Waals surface area contributed by atoms with E-state index in [0.29, 0.717) is 17.3 Å². The first kappa shape index (κ1) is 12.9. The van der Waals surface area contributed by atoms with E-state index in [9.17, 15) is 4.79 Å². The van der Waals surface area contributed by atoms with E-state index >= 15 is 0 Å². The predicted molar refractivity (Wildman–Crippen MR) is 74.1 cm³/mol. The molecule has 2 rings (SSSR count). The summed E-state index contributed by atoms with van der Waals surface area (Å²) in [6.07, 6.45) is 1.71. The van der Waals surface area contributed by atoms with Crippen LogP contribution in [0.3, 0.4) is 0 Å². The van der Waals surface area contributed by atoms with Gasteiger partial charge in [-0.2, -0.15) is 0 Å². The lowest BCUT2D eigenvalue weighted by Gasteiger charge is -2.07. The number of nitrogens with one attached hydrogen (secondary N) is 1. The summed E-state index contributed by atoms with van der Waals surface area (Å²) < 4.78 is 0. The molecule has 0 aliphatic carbocycles. The Labute approximate surface area is 114 Å². The van der Waals surface area contributed by atoms with E-state index in [1.165, 1.54) is 11.3 Å². The van der Waals surface area contributed by atoms with Crippen molar-refractivity contribution in [2.45, 2.75) is 13.5 Å². The van der Waals surface area contributed by atoms with E-state index in [0.717, 1.165) is 16.1 Å². The number of thiophene rings is 1. The van der Waals surface area contributed by atoms with Gasteiger partial charge in [-0.1, -0.05) is 11.6 Å². The smallest absolute Gasteiger partial charge is 0.249 e. The lowest BCUT2D eigenvalue weighted by atomic mass is 10.3. The number of anilines is 1. The average molecular weight is 282 g/mol. The number of amides is 1. The Balaban J connectivity index is 2.06. The average Bonchev–Trinajstić information content (AvgIpc) is 2.79. The van der Waals surface area contributed by atoms with Gasteiger partial charge in [-0.3, -0.25) is 4.79 Å². The first-order valence-electron chi connectivity index (χ1n) is 5.29. The number of halogens is 1. The lowest BCUT2D eigenvalue weighted by Crippen LogP contribution is -2.09. The summed E-state index contributed by atoms with van der Waals surface area (Å²) in [6.45, 7) is 2.54. The molecule has 0 bridgehead atoms. The van der Waals surface area contributed by atoms with Gasteiger partial charge in [0, 0.05) is 23.0 Å². The summed E-state index contributed by atoms with van der Waals surface area (Å²) in [5.41, 5.74) is 7.54. The first-order chi connectivity index (χ1) is 8.56. The highest BCUT2D eigenvalue weighted by atomic mass is 35.5. The van der Waals surface area contributed by atoms with Crippen LogP contribution in [-0.2, 0) is 6.54 Å². The molecule has 0 aromatic carbocycles. The van der Waals surface area contributed by atoms with E-state index in [-0.39, 0.29) is 0 Å². The fraction of sp³-hybridized carbons (Fsp3) is 0.167. The SMILES string of the molecule is Cc1cnc(Cl)c(NCc2cc(C(N)=O)cs2)c1. The van der Waals surface area contributed by atoms with Gasteiger partial charge in [0.1, 0.15) is 0 Å². The number of carbonyl (C=O) groups is 1. The molecule has 0 spiro atoms. The molecule has 0 radical (unpaired) electrons. The minimum absolute atomic E-state index is 0.409. The van der Waals surface area contributed by atoms with Crippen LogP contribution in [0.2, 0.25) is 5.15 Å². The Kier molecular flexibility index (Phi) is 3.84. The Hall–Kier alpha value is -1.59. The van der Waals surface area contributed by atoms with Gasteiger partial charge in [0.05, 0.1) is 11.3 Å². The number of hydrogen-bond acceptors (Lipinski definition) is 4. The standard InChI is InChI=1S/C12H12ClN3OS/c1-7-2-10(11(13)16-4-7)15-5-9-3-8(6-18-9)12(14)17/h2-4,6,15H,5H2,1H3,(H2,14,17). The molecule has 2 aromatic rings. The number of primary amides is 1. The third-order valence-corrected chi connectivity index (χ3v) is 3.61. The van der Waals surface area contributed by atoms with Crippen LogP contribution in [0, 0.1) is 6.92 Å². The molecule has 0 saturated heterocycles. The van der Waals surface area contributed by atoms with E-state index in [2.05, 4.69) is 10.3 Å². The monoisotopic (exact) mass is 281 g/mol. The van der Waals surface area contributed by atoms with Crippen molar-refractivity contribution in [2.75, 3.05) is 5.32 Å². The summed E-state index contributed by atoms with van der Waals surface area (Å²) in [6, 6.07) is 3.70. The quantitative estimate of drug-likeness (QED) is 0.847. The second-order valence-electron chi connectivity index (χ2n) is 3.87. The summed E-state index contributed by atoms with van der Waals surface area (Å²) in [4.78, 5) is 16.0. The maximum atomic E-state index is 11.0. The predicted octanol–water partition coefficient (Wildman–Crippen LogP) is 2.82. The van der Waals surface area contributed by atoms with Crippen molar-refractivity contribution >= 4 is 34.5 Å². The molecule has 0 fully saturated rings. The largest absolute Gasteiger partial charge is 0.378 e. The molecule has 0 saturated carbocycles. The number of rotatable bonds is 4. The molecule has 18 heavy (non-hydrogen) atoms. The Morgan fingerprint density at radius 3 is 3.00 bits per heavy atom. The molecule has 94 valence electrons. The fourth-order valence-corrected chi connectivity index (χ4v) is 2.44. The van der Waals surface area contributed by atoms with E-state index in [1.807, 2.05) is 13.0 Å². The zero-order chi connectivity index (χ0) is 13.1. The van der Waals surface area contributed by atoms with Crippen LogP contribution in [0.4, 0.5) is 5.69 Å². The van der Waals surface area contributed by atoms with Crippen molar-refractivity contribution in [2.24, 2.45) is 5.73 Å². The number of aromatic nitrogens is 1. The molecule has 3 N–H and O–H groups in total. The highest BCUT2D eigenvalue weighted by Gasteiger charge is 2.06. The zero-order valence-electron chi connectivity index (χ0n) is 9.74. The molecular weight excluding hydrogens is 270 g/mol. The maximum Gasteiger partial charge on any atom is 0.249 e. The van der Waals surface area contributed by atoms with Crippen LogP contribution in [0.15, 0.2) is 23.7 Å². The van der Waals surface area contributed by atoms with Crippen molar-refractivity contribution in [3.05, 3.63) is 44.9 Å². The second-order valence-corrected chi connectivity index (χ2v) is 5.22. The number of nitrogens with two attached hydrogens (primary N) is 1. The van der Waals surface area contributed by atoms with Crippen molar-refractivity contribution in [1.82, 2.24) is 4.98 Å². The van der Waals surface area contributed by atoms with E-state index < -0.39 is 5.91 Å². The Morgan fingerprint density at radius 2 is 2.33 bits per heavy atom. The van der Waals surface area contributed by atoms with Gasteiger partial charge < -0.3 is 11.1 Å². The van der Waals surface area contributed by atoms with E-state index in [1.54, 1.807) is 17.6 Å². The van der Waals surface area contributed by atoms with Crippen LogP contribution in [-0.4, -0.2) is 10.9 Å². The van der Waals surface area contributed by atoms with Crippen molar-refractivity contribution < 1.29 is 4.79 Å².